The summed E-state index contributed by atoms with van der Waals surface area (Å²) in [5.74, 6) is -0.455. The van der Waals surface area contributed by atoms with Crippen LogP contribution in [0.1, 0.15) is 6.92 Å². The second kappa shape index (κ2) is 7.60. The number of methoxy groups -OCH3 is 1. The van der Waals surface area contributed by atoms with Crippen LogP contribution in [0.3, 0.4) is 0 Å². The van der Waals surface area contributed by atoms with E-state index in [-0.39, 0.29) is 10.6 Å². The van der Waals surface area contributed by atoms with E-state index in [2.05, 4.69) is 10.0 Å². The van der Waals surface area contributed by atoms with Gasteiger partial charge < -0.3 is 15.8 Å². The van der Waals surface area contributed by atoms with Crippen molar-refractivity contribution in [3.05, 3.63) is 23.2 Å². The first-order valence-corrected chi connectivity index (χ1v) is 7.98. The molecule has 1 aromatic rings. The molecule has 0 fully saturated rings. The number of nitrogens with two attached hydrogens (primary N) is 1. The summed E-state index contributed by atoms with van der Waals surface area (Å²) in [5, 5.41) is 2.87. The Bertz CT molecular complexity index is 607. The van der Waals surface area contributed by atoms with Crippen LogP contribution in [0.4, 0.5) is 5.69 Å². The minimum Gasteiger partial charge on any atom is -0.398 e. The molecule has 1 amide bonds. The van der Waals surface area contributed by atoms with E-state index in [0.29, 0.717) is 18.2 Å². The van der Waals surface area contributed by atoms with Gasteiger partial charge in [0.15, 0.2) is 0 Å². The molecule has 0 bridgehead atoms. The van der Waals surface area contributed by atoms with Crippen molar-refractivity contribution in [2.45, 2.75) is 17.9 Å². The Morgan fingerprint density at radius 3 is 2.71 bits per heavy atom. The predicted octanol–water partition coefficient (Wildman–Crippen LogP) is 0.352. The molecule has 0 aromatic heterocycles. The average molecular weight is 336 g/mol. The molecule has 0 radical (unpaired) electrons. The van der Waals surface area contributed by atoms with Crippen LogP contribution in [0.15, 0.2) is 23.1 Å². The number of carbonyl (C=O) groups excluding carboxylic acids is 1. The van der Waals surface area contributed by atoms with Crippen LogP contribution in [0.2, 0.25) is 5.02 Å². The maximum absolute atomic E-state index is 12.2. The van der Waals surface area contributed by atoms with Crippen molar-refractivity contribution < 1.29 is 17.9 Å². The summed E-state index contributed by atoms with van der Waals surface area (Å²) in [5.41, 5.74) is 5.65. The zero-order valence-electron chi connectivity index (χ0n) is 11.7. The van der Waals surface area contributed by atoms with E-state index < -0.39 is 22.0 Å². The summed E-state index contributed by atoms with van der Waals surface area (Å²) >= 11 is 5.72. The molecule has 0 aliphatic carbocycles. The van der Waals surface area contributed by atoms with E-state index in [9.17, 15) is 13.2 Å². The van der Waals surface area contributed by atoms with Gasteiger partial charge in [0.1, 0.15) is 4.90 Å². The summed E-state index contributed by atoms with van der Waals surface area (Å²) in [7, 11) is -2.41. The monoisotopic (exact) mass is 335 g/mol. The molecular weight excluding hydrogens is 318 g/mol. The van der Waals surface area contributed by atoms with Crippen molar-refractivity contribution in [3.63, 3.8) is 0 Å². The van der Waals surface area contributed by atoms with Gasteiger partial charge in [0, 0.05) is 18.7 Å². The second-order valence-corrected chi connectivity index (χ2v) is 6.43. The molecule has 1 rings (SSSR count). The van der Waals surface area contributed by atoms with Crippen molar-refractivity contribution in [1.29, 1.82) is 0 Å². The normalized spacial score (nSPS) is 12.9. The third kappa shape index (κ3) is 5.16. The second-order valence-electron chi connectivity index (χ2n) is 4.31. The van der Waals surface area contributed by atoms with Crippen molar-refractivity contribution in [2.24, 2.45) is 0 Å². The molecule has 1 aromatic carbocycles. The number of benzene rings is 1. The molecule has 0 saturated heterocycles. The van der Waals surface area contributed by atoms with Crippen LogP contribution in [0, 0.1) is 0 Å². The highest BCUT2D eigenvalue weighted by Crippen LogP contribution is 2.22. The molecule has 9 heteroatoms. The number of hydrogen-bond donors (Lipinski definition) is 3. The Balaban J connectivity index is 2.78. The molecule has 21 heavy (non-hydrogen) atoms. The number of anilines is 1. The van der Waals surface area contributed by atoms with Gasteiger partial charge >= 0.3 is 0 Å². The molecule has 4 N–H and O–H groups in total. The number of halogens is 1. The Hall–Kier alpha value is -1.35. The van der Waals surface area contributed by atoms with Gasteiger partial charge in [-0.15, -0.1) is 0 Å². The van der Waals surface area contributed by atoms with Gasteiger partial charge in [-0.1, -0.05) is 11.6 Å². The fraction of sp³-hybridized carbons (Fsp3) is 0.417. The zero-order valence-corrected chi connectivity index (χ0v) is 13.3. The number of rotatable bonds is 7. The Morgan fingerprint density at radius 1 is 1.48 bits per heavy atom. The zero-order chi connectivity index (χ0) is 16.0. The van der Waals surface area contributed by atoms with Crippen LogP contribution in [0.25, 0.3) is 0 Å². The maximum atomic E-state index is 12.2. The number of ether oxygens (including phenoxy) is 1. The highest BCUT2D eigenvalue weighted by Gasteiger charge is 2.23. The van der Waals surface area contributed by atoms with Crippen LogP contribution in [-0.4, -0.2) is 40.6 Å². The Morgan fingerprint density at radius 2 is 2.14 bits per heavy atom. The molecule has 0 aliphatic heterocycles. The molecule has 0 heterocycles. The molecule has 0 aliphatic rings. The predicted molar refractivity (Wildman–Crippen MR) is 80.5 cm³/mol. The average Bonchev–Trinajstić information content (AvgIpc) is 2.37. The molecule has 118 valence electrons. The quantitative estimate of drug-likeness (QED) is 0.492. The molecule has 0 saturated carbocycles. The standard InChI is InChI=1S/C12H18ClN3O4S/c1-8(12(17)15-5-6-20-2)16-21(18,19)11-4-3-9(13)7-10(11)14/h3-4,7-8,16H,5-6,14H2,1-2H3,(H,15,17). The smallest absolute Gasteiger partial charge is 0.243 e. The maximum Gasteiger partial charge on any atom is 0.243 e. The van der Waals surface area contributed by atoms with Crippen molar-refractivity contribution in [1.82, 2.24) is 10.0 Å². The number of amides is 1. The Labute approximate surface area is 128 Å². The highest BCUT2D eigenvalue weighted by molar-refractivity contribution is 7.89. The number of hydrogen-bond acceptors (Lipinski definition) is 5. The van der Waals surface area contributed by atoms with Crippen LogP contribution >= 0.6 is 11.6 Å². The van der Waals surface area contributed by atoms with Gasteiger partial charge in [-0.05, 0) is 25.1 Å². The third-order valence-corrected chi connectivity index (χ3v) is 4.44. The van der Waals surface area contributed by atoms with Crippen molar-refractivity contribution >= 4 is 33.2 Å². The fourth-order valence-electron chi connectivity index (χ4n) is 1.54. The molecule has 0 spiro atoms. The lowest BCUT2D eigenvalue weighted by Gasteiger charge is -2.15. The van der Waals surface area contributed by atoms with Gasteiger partial charge in [-0.2, -0.15) is 4.72 Å². The number of nitrogen functional groups attached to an aromatic ring is 1. The SMILES string of the molecule is COCCNC(=O)C(C)NS(=O)(=O)c1ccc(Cl)cc1N. The largest absolute Gasteiger partial charge is 0.398 e. The summed E-state index contributed by atoms with van der Waals surface area (Å²) in [6, 6.07) is 3.09. The number of sulfonamides is 1. The van der Waals surface area contributed by atoms with E-state index in [1.807, 2.05) is 0 Å². The summed E-state index contributed by atoms with van der Waals surface area (Å²) < 4.78 is 31.4. The first-order valence-electron chi connectivity index (χ1n) is 6.12. The topological polar surface area (TPSA) is 111 Å². The summed E-state index contributed by atoms with van der Waals surface area (Å²) in [6.45, 7) is 2.08. The van der Waals surface area contributed by atoms with E-state index in [0.717, 1.165) is 0 Å². The van der Waals surface area contributed by atoms with Gasteiger partial charge in [-0.3, -0.25) is 4.79 Å². The lowest BCUT2D eigenvalue weighted by Crippen LogP contribution is -2.45. The molecule has 1 atom stereocenters. The van der Waals surface area contributed by atoms with Gasteiger partial charge in [0.2, 0.25) is 15.9 Å². The van der Waals surface area contributed by atoms with Crippen LogP contribution in [0.5, 0.6) is 0 Å². The summed E-state index contributed by atoms with van der Waals surface area (Å²) in [6.07, 6.45) is 0. The van der Waals surface area contributed by atoms with E-state index in [4.69, 9.17) is 22.1 Å². The van der Waals surface area contributed by atoms with Gasteiger partial charge in [0.25, 0.3) is 0 Å². The fourth-order valence-corrected chi connectivity index (χ4v) is 3.04. The third-order valence-electron chi connectivity index (χ3n) is 2.59. The first-order chi connectivity index (χ1) is 9.77. The highest BCUT2D eigenvalue weighted by atomic mass is 35.5. The summed E-state index contributed by atoms with van der Waals surface area (Å²) in [4.78, 5) is 11.6. The molecule has 7 nitrogen and oxygen atoms in total. The minimum atomic E-state index is -3.91. The van der Waals surface area contributed by atoms with Gasteiger partial charge in [-0.25, -0.2) is 8.42 Å². The van der Waals surface area contributed by atoms with E-state index in [1.165, 1.54) is 32.2 Å². The lowest BCUT2D eigenvalue weighted by atomic mass is 10.3. The van der Waals surface area contributed by atoms with E-state index >= 15 is 0 Å². The van der Waals surface area contributed by atoms with Crippen LogP contribution in [-0.2, 0) is 19.6 Å². The molecule has 1 unspecified atom stereocenters. The Kier molecular flexibility index (Phi) is 6.41. The van der Waals surface area contributed by atoms with Crippen molar-refractivity contribution in [2.75, 3.05) is 26.0 Å². The van der Waals surface area contributed by atoms with Crippen LogP contribution < -0.4 is 15.8 Å². The lowest BCUT2D eigenvalue weighted by molar-refractivity contribution is -0.122. The minimum absolute atomic E-state index is 0.0157. The first kappa shape index (κ1) is 17.7. The molecular formula is C12H18ClN3O4S. The van der Waals surface area contributed by atoms with E-state index in [1.54, 1.807) is 0 Å². The number of carbonyl (C=O) groups is 1. The van der Waals surface area contributed by atoms with Gasteiger partial charge in [0.05, 0.1) is 18.3 Å². The van der Waals surface area contributed by atoms with Crippen molar-refractivity contribution in [3.8, 4) is 0 Å². The number of nitrogens with one attached hydrogen (secondary N) is 2.